The highest BCUT2D eigenvalue weighted by Gasteiger charge is 2.54. The maximum atomic E-state index is 13.3. The number of alkyl halides is 3. The molecule has 1 unspecified atom stereocenters. The molecule has 0 aliphatic carbocycles. The number of ether oxygens (including phenoxy) is 2. The maximum absolute atomic E-state index is 13.3. The van der Waals surface area contributed by atoms with Crippen LogP contribution in [0.2, 0.25) is 0 Å². The Morgan fingerprint density at radius 1 is 0.805 bits per heavy atom. The Morgan fingerprint density at radius 2 is 1.49 bits per heavy atom. The molecule has 1 spiro atoms. The van der Waals surface area contributed by atoms with Gasteiger partial charge in [0.05, 0.1) is 11.1 Å². The van der Waals surface area contributed by atoms with E-state index in [0.717, 1.165) is 42.0 Å². The van der Waals surface area contributed by atoms with Gasteiger partial charge in [-0.2, -0.15) is 13.2 Å². The van der Waals surface area contributed by atoms with Crippen molar-refractivity contribution < 1.29 is 27.4 Å². The molecule has 6 rings (SSSR count). The highest BCUT2D eigenvalue weighted by Crippen LogP contribution is 2.58. The quantitative estimate of drug-likeness (QED) is 0.231. The van der Waals surface area contributed by atoms with E-state index in [2.05, 4.69) is 18.7 Å². The molecule has 210 valence electrons. The molecule has 4 aromatic rings. The number of carbonyl (C=O) groups is 1. The fourth-order valence-electron chi connectivity index (χ4n) is 5.91. The first kappa shape index (κ1) is 26.7. The van der Waals surface area contributed by atoms with Gasteiger partial charge in [0.2, 0.25) is 0 Å². The second kappa shape index (κ2) is 9.58. The van der Waals surface area contributed by atoms with Crippen LogP contribution >= 0.6 is 0 Å². The Balaban J connectivity index is 1.54. The van der Waals surface area contributed by atoms with Crippen LogP contribution in [0.5, 0.6) is 11.5 Å². The van der Waals surface area contributed by atoms with Crippen molar-refractivity contribution in [3.8, 4) is 11.5 Å². The minimum atomic E-state index is -4.42. The van der Waals surface area contributed by atoms with Crippen LogP contribution < -0.4 is 14.5 Å². The first-order valence-electron chi connectivity index (χ1n) is 13.5. The molecule has 0 N–H and O–H groups in total. The fraction of sp³-hybridized carbons (Fsp3) is 0.242. The first-order valence-corrected chi connectivity index (χ1v) is 13.5. The van der Waals surface area contributed by atoms with Crippen LogP contribution in [0, 0.1) is 6.92 Å². The Morgan fingerprint density at radius 3 is 2.17 bits per heavy atom. The van der Waals surface area contributed by atoms with Crippen molar-refractivity contribution in [3.05, 3.63) is 112 Å². The summed E-state index contributed by atoms with van der Waals surface area (Å²) in [4.78, 5) is 17.3. The molecule has 2 heterocycles. The lowest BCUT2D eigenvalue weighted by atomic mass is 9.77. The number of nitrogens with zero attached hydrogens (tertiary/aromatic N) is 2. The molecule has 1 atom stereocenters. The van der Waals surface area contributed by atoms with E-state index in [1.165, 1.54) is 12.1 Å². The van der Waals surface area contributed by atoms with Gasteiger partial charge in [-0.25, -0.2) is 4.79 Å². The number of aryl methyl sites for hydroxylation is 1. The summed E-state index contributed by atoms with van der Waals surface area (Å²) >= 11 is 0. The normalized spacial score (nSPS) is 16.9. The van der Waals surface area contributed by atoms with Crippen molar-refractivity contribution in [3.63, 3.8) is 0 Å². The lowest BCUT2D eigenvalue weighted by molar-refractivity contribution is -0.137. The average molecular weight is 559 g/mol. The molecule has 0 fully saturated rings. The van der Waals surface area contributed by atoms with Crippen LogP contribution in [0.4, 0.5) is 30.2 Å². The lowest BCUT2D eigenvalue weighted by Gasteiger charge is -2.38. The van der Waals surface area contributed by atoms with E-state index in [-0.39, 0.29) is 0 Å². The van der Waals surface area contributed by atoms with Gasteiger partial charge in [-0.1, -0.05) is 18.2 Å². The summed E-state index contributed by atoms with van der Waals surface area (Å²) in [6, 6.07) is 22.2. The zero-order chi connectivity index (χ0) is 29.1. The SMILES string of the molecule is CCN(CC)c1ccc2c(c1)Oc1c(C)cc(N(C)c3ccc(C(F)(F)F)cc3)cc1C21OC(=O)c2ccccc21. The molecule has 2 aliphatic heterocycles. The fourth-order valence-corrected chi connectivity index (χ4v) is 5.91. The molecule has 8 heteroatoms. The van der Waals surface area contributed by atoms with E-state index in [9.17, 15) is 18.0 Å². The molecule has 0 amide bonds. The molecule has 2 aliphatic rings. The predicted molar refractivity (Wildman–Crippen MR) is 153 cm³/mol. The predicted octanol–water partition coefficient (Wildman–Crippen LogP) is 8.20. The van der Waals surface area contributed by atoms with Crippen molar-refractivity contribution in [1.29, 1.82) is 0 Å². The summed E-state index contributed by atoms with van der Waals surface area (Å²) < 4.78 is 52.4. The van der Waals surface area contributed by atoms with Crippen molar-refractivity contribution in [2.24, 2.45) is 0 Å². The van der Waals surface area contributed by atoms with E-state index >= 15 is 0 Å². The maximum Gasteiger partial charge on any atom is 0.416 e. The molecular formula is C33H29F3N2O3. The molecule has 0 radical (unpaired) electrons. The zero-order valence-electron chi connectivity index (χ0n) is 23.2. The second-order valence-corrected chi connectivity index (χ2v) is 10.3. The van der Waals surface area contributed by atoms with Gasteiger partial charge in [-0.3, -0.25) is 0 Å². The number of esters is 1. The highest BCUT2D eigenvalue weighted by atomic mass is 19.4. The zero-order valence-corrected chi connectivity index (χ0v) is 23.2. The Labute approximate surface area is 236 Å². The summed E-state index contributed by atoms with van der Waals surface area (Å²) in [5.74, 6) is 0.771. The summed E-state index contributed by atoms with van der Waals surface area (Å²) in [5.41, 5.74) is 3.72. The number of carbonyl (C=O) groups excluding carboxylic acids is 1. The third kappa shape index (κ3) is 4.12. The highest BCUT2D eigenvalue weighted by molar-refractivity contribution is 5.97. The second-order valence-electron chi connectivity index (χ2n) is 10.3. The van der Waals surface area contributed by atoms with Gasteiger partial charge in [0.15, 0.2) is 5.60 Å². The minimum Gasteiger partial charge on any atom is -0.456 e. The largest absolute Gasteiger partial charge is 0.456 e. The van der Waals surface area contributed by atoms with Crippen molar-refractivity contribution >= 4 is 23.0 Å². The molecule has 5 nitrogen and oxygen atoms in total. The third-order valence-corrected chi connectivity index (χ3v) is 8.07. The number of anilines is 3. The van der Waals surface area contributed by atoms with Gasteiger partial charge in [0.25, 0.3) is 0 Å². The molecule has 0 aromatic heterocycles. The minimum absolute atomic E-state index is 0.425. The van der Waals surface area contributed by atoms with Gasteiger partial charge in [0.1, 0.15) is 11.5 Å². The molecule has 41 heavy (non-hydrogen) atoms. The van der Waals surface area contributed by atoms with Crippen LogP contribution in [-0.4, -0.2) is 26.1 Å². The standard InChI is InChI=1S/C33H29F3N2O3/c1-5-38(6-2)23-15-16-27-29(19-23)40-30-20(3)17-24(37(4)22-13-11-21(12-14-22)33(34,35)36)18-28(30)32(27)26-10-8-7-9-25(26)31(39)41-32/h7-19H,5-6H2,1-4H3. The van der Waals surface area contributed by atoms with E-state index < -0.39 is 23.3 Å². The average Bonchev–Trinajstić information content (AvgIpc) is 3.26. The number of fused-ring (bicyclic) bond motifs is 6. The van der Waals surface area contributed by atoms with E-state index in [4.69, 9.17) is 9.47 Å². The number of hydrogen-bond acceptors (Lipinski definition) is 5. The summed E-state index contributed by atoms with van der Waals surface area (Å²) in [7, 11) is 1.79. The molecule has 0 bridgehead atoms. The summed E-state index contributed by atoms with van der Waals surface area (Å²) in [6.07, 6.45) is -4.42. The van der Waals surface area contributed by atoms with Crippen LogP contribution in [0.3, 0.4) is 0 Å². The van der Waals surface area contributed by atoms with Crippen molar-refractivity contribution in [2.75, 3.05) is 29.9 Å². The number of halogens is 3. The monoisotopic (exact) mass is 558 g/mol. The van der Waals surface area contributed by atoms with Gasteiger partial charge < -0.3 is 19.3 Å². The van der Waals surface area contributed by atoms with Crippen LogP contribution in [0.1, 0.15) is 52.0 Å². The molecule has 4 aromatic carbocycles. The molecular weight excluding hydrogens is 529 g/mol. The lowest BCUT2D eigenvalue weighted by Crippen LogP contribution is -2.34. The summed E-state index contributed by atoms with van der Waals surface area (Å²) in [6.45, 7) is 7.75. The van der Waals surface area contributed by atoms with Crippen LogP contribution in [0.25, 0.3) is 0 Å². The smallest absolute Gasteiger partial charge is 0.416 e. The van der Waals surface area contributed by atoms with Crippen LogP contribution in [-0.2, 0) is 16.5 Å². The Kier molecular flexibility index (Phi) is 6.25. The third-order valence-electron chi connectivity index (χ3n) is 8.07. The molecule has 0 saturated carbocycles. The van der Waals surface area contributed by atoms with Crippen molar-refractivity contribution in [2.45, 2.75) is 32.5 Å². The van der Waals surface area contributed by atoms with E-state index in [0.29, 0.717) is 39.6 Å². The van der Waals surface area contributed by atoms with E-state index in [1.54, 1.807) is 13.1 Å². The van der Waals surface area contributed by atoms with Gasteiger partial charge in [0, 0.05) is 60.0 Å². The number of benzene rings is 4. The number of rotatable bonds is 5. The van der Waals surface area contributed by atoms with E-state index in [1.807, 2.05) is 60.4 Å². The Hall–Kier alpha value is -4.46. The summed E-state index contributed by atoms with van der Waals surface area (Å²) in [5, 5.41) is 0. The van der Waals surface area contributed by atoms with Gasteiger partial charge >= 0.3 is 12.1 Å². The van der Waals surface area contributed by atoms with Gasteiger partial charge in [-0.05, 0) is 80.9 Å². The first-order chi connectivity index (χ1) is 19.6. The van der Waals surface area contributed by atoms with Gasteiger partial charge in [-0.15, -0.1) is 0 Å². The Bertz CT molecular complexity index is 1660. The topological polar surface area (TPSA) is 42.0 Å². The molecule has 0 saturated heterocycles. The van der Waals surface area contributed by atoms with Crippen molar-refractivity contribution in [1.82, 2.24) is 0 Å². The number of hydrogen-bond donors (Lipinski definition) is 0. The van der Waals surface area contributed by atoms with Crippen LogP contribution in [0.15, 0.2) is 78.9 Å².